The quantitative estimate of drug-likeness (QED) is 0.736. The van der Waals surface area contributed by atoms with Crippen molar-refractivity contribution in [3.05, 3.63) is 48.3 Å². The minimum atomic E-state index is -3.52. The molecule has 1 aromatic carbocycles. The number of ether oxygens (including phenoxy) is 2. The van der Waals surface area contributed by atoms with Gasteiger partial charge in [0.1, 0.15) is 16.4 Å². The van der Waals surface area contributed by atoms with E-state index in [-0.39, 0.29) is 16.7 Å². The number of carbonyl (C=O) groups is 1. The van der Waals surface area contributed by atoms with Crippen LogP contribution in [0.2, 0.25) is 0 Å². The van der Waals surface area contributed by atoms with E-state index < -0.39 is 10.0 Å². The second kappa shape index (κ2) is 9.23. The molecule has 2 aromatic rings. The van der Waals surface area contributed by atoms with Crippen molar-refractivity contribution in [3.63, 3.8) is 0 Å². The highest BCUT2D eigenvalue weighted by molar-refractivity contribution is 7.89. The summed E-state index contributed by atoms with van der Waals surface area (Å²) in [7, 11) is -0.456. The SMILES string of the molecule is COc1cc(OC)cc(C(=O)NCC2CCN(S(=O)(=O)c3cccnc3)CC2)c1. The first-order valence-corrected chi connectivity index (χ1v) is 10.8. The zero-order valence-electron chi connectivity index (χ0n) is 16.5. The van der Waals surface area contributed by atoms with Gasteiger partial charge in [0.25, 0.3) is 5.91 Å². The zero-order valence-corrected chi connectivity index (χ0v) is 17.3. The minimum absolute atomic E-state index is 0.207. The number of aromatic nitrogens is 1. The Hall–Kier alpha value is -2.65. The Morgan fingerprint density at radius 3 is 2.38 bits per heavy atom. The second-order valence-corrected chi connectivity index (χ2v) is 8.79. The smallest absolute Gasteiger partial charge is 0.251 e. The van der Waals surface area contributed by atoms with E-state index in [1.165, 1.54) is 24.7 Å². The molecule has 2 heterocycles. The first-order chi connectivity index (χ1) is 13.9. The molecule has 156 valence electrons. The van der Waals surface area contributed by atoms with E-state index in [4.69, 9.17) is 9.47 Å². The highest BCUT2D eigenvalue weighted by atomic mass is 32.2. The second-order valence-electron chi connectivity index (χ2n) is 6.85. The Labute approximate surface area is 170 Å². The van der Waals surface area contributed by atoms with E-state index in [1.54, 1.807) is 36.5 Å². The molecule has 1 N–H and O–H groups in total. The van der Waals surface area contributed by atoms with Gasteiger partial charge in [-0.3, -0.25) is 9.78 Å². The van der Waals surface area contributed by atoms with Gasteiger partial charge in [0.05, 0.1) is 14.2 Å². The molecule has 1 fully saturated rings. The van der Waals surface area contributed by atoms with Gasteiger partial charge in [-0.2, -0.15) is 4.31 Å². The minimum Gasteiger partial charge on any atom is -0.497 e. The van der Waals surface area contributed by atoms with Crippen molar-refractivity contribution < 1.29 is 22.7 Å². The summed E-state index contributed by atoms with van der Waals surface area (Å²) in [4.78, 5) is 16.6. The third-order valence-corrected chi connectivity index (χ3v) is 6.89. The van der Waals surface area contributed by atoms with Gasteiger partial charge in [-0.1, -0.05) is 0 Å². The molecule has 29 heavy (non-hydrogen) atoms. The molecular formula is C20H25N3O5S. The molecular weight excluding hydrogens is 394 g/mol. The fraction of sp³-hybridized carbons (Fsp3) is 0.400. The monoisotopic (exact) mass is 419 g/mol. The number of sulfonamides is 1. The molecule has 9 heteroatoms. The zero-order chi connectivity index (χ0) is 20.9. The topological polar surface area (TPSA) is 97.8 Å². The van der Waals surface area contributed by atoms with Gasteiger partial charge in [0.2, 0.25) is 10.0 Å². The number of piperidine rings is 1. The molecule has 0 bridgehead atoms. The Balaban J connectivity index is 1.54. The normalized spacial score (nSPS) is 15.7. The largest absolute Gasteiger partial charge is 0.497 e. The molecule has 0 atom stereocenters. The van der Waals surface area contributed by atoms with Crippen LogP contribution in [0.4, 0.5) is 0 Å². The van der Waals surface area contributed by atoms with E-state index in [2.05, 4.69) is 10.3 Å². The summed E-state index contributed by atoms with van der Waals surface area (Å²) < 4.78 is 37.2. The fourth-order valence-electron chi connectivity index (χ4n) is 3.28. The lowest BCUT2D eigenvalue weighted by Crippen LogP contribution is -2.41. The van der Waals surface area contributed by atoms with Crippen LogP contribution < -0.4 is 14.8 Å². The van der Waals surface area contributed by atoms with Crippen LogP contribution in [-0.4, -0.2) is 57.5 Å². The Morgan fingerprint density at radius 2 is 1.83 bits per heavy atom. The van der Waals surface area contributed by atoms with E-state index in [0.29, 0.717) is 49.5 Å². The van der Waals surface area contributed by atoms with Gasteiger partial charge in [0, 0.05) is 43.7 Å². The van der Waals surface area contributed by atoms with Crippen LogP contribution in [0.15, 0.2) is 47.6 Å². The molecule has 0 unspecified atom stereocenters. The van der Waals surface area contributed by atoms with Crippen molar-refractivity contribution in [3.8, 4) is 11.5 Å². The Kier molecular flexibility index (Phi) is 6.71. The number of nitrogens with one attached hydrogen (secondary N) is 1. The van der Waals surface area contributed by atoms with E-state index in [1.807, 2.05) is 0 Å². The molecule has 1 saturated heterocycles. The molecule has 1 aliphatic rings. The lowest BCUT2D eigenvalue weighted by molar-refractivity contribution is 0.0940. The maximum absolute atomic E-state index is 12.7. The van der Waals surface area contributed by atoms with Gasteiger partial charge in [0.15, 0.2) is 0 Å². The third-order valence-electron chi connectivity index (χ3n) is 5.01. The molecule has 3 rings (SSSR count). The average molecular weight is 420 g/mol. The number of amides is 1. The van der Waals surface area contributed by atoms with Crippen LogP contribution in [-0.2, 0) is 10.0 Å². The van der Waals surface area contributed by atoms with Crippen LogP contribution >= 0.6 is 0 Å². The number of hydrogen-bond donors (Lipinski definition) is 1. The van der Waals surface area contributed by atoms with Gasteiger partial charge in [-0.15, -0.1) is 0 Å². The number of nitrogens with zero attached hydrogens (tertiary/aromatic N) is 2. The summed E-state index contributed by atoms with van der Waals surface area (Å²) in [5.41, 5.74) is 0.456. The maximum Gasteiger partial charge on any atom is 0.251 e. The van der Waals surface area contributed by atoms with Crippen molar-refractivity contribution in [2.24, 2.45) is 5.92 Å². The number of benzene rings is 1. The molecule has 1 amide bonds. The van der Waals surface area contributed by atoms with Crippen LogP contribution in [0.25, 0.3) is 0 Å². The third kappa shape index (κ3) is 5.04. The van der Waals surface area contributed by atoms with Crippen LogP contribution in [0.3, 0.4) is 0 Å². The number of methoxy groups -OCH3 is 2. The number of rotatable bonds is 7. The fourth-order valence-corrected chi connectivity index (χ4v) is 4.71. The summed E-state index contributed by atoms with van der Waals surface area (Å²) >= 11 is 0. The standard InChI is InChI=1S/C20H25N3O5S/c1-27-17-10-16(11-18(12-17)28-2)20(24)22-13-15-5-8-23(9-6-15)29(25,26)19-4-3-7-21-14-19/h3-4,7,10-12,14-15H,5-6,8-9,13H2,1-2H3,(H,22,24). The molecule has 8 nitrogen and oxygen atoms in total. The first-order valence-electron chi connectivity index (χ1n) is 9.35. The number of carbonyl (C=O) groups excluding carboxylic acids is 1. The first kappa shape index (κ1) is 21.1. The highest BCUT2D eigenvalue weighted by Crippen LogP contribution is 2.24. The van der Waals surface area contributed by atoms with Crippen molar-refractivity contribution in [2.75, 3.05) is 33.9 Å². The van der Waals surface area contributed by atoms with E-state index >= 15 is 0 Å². The van der Waals surface area contributed by atoms with Gasteiger partial charge >= 0.3 is 0 Å². The van der Waals surface area contributed by atoms with Crippen molar-refractivity contribution in [2.45, 2.75) is 17.7 Å². The number of hydrogen-bond acceptors (Lipinski definition) is 6. The lowest BCUT2D eigenvalue weighted by atomic mass is 9.98. The Morgan fingerprint density at radius 1 is 1.17 bits per heavy atom. The predicted molar refractivity (Wildman–Crippen MR) is 108 cm³/mol. The molecule has 0 spiro atoms. The highest BCUT2D eigenvalue weighted by Gasteiger charge is 2.29. The van der Waals surface area contributed by atoms with E-state index in [0.717, 1.165) is 0 Å². The van der Waals surface area contributed by atoms with Gasteiger partial charge < -0.3 is 14.8 Å². The molecule has 0 aliphatic carbocycles. The predicted octanol–water partition coefficient (Wildman–Crippen LogP) is 1.93. The molecule has 0 saturated carbocycles. The maximum atomic E-state index is 12.7. The van der Waals surface area contributed by atoms with Gasteiger partial charge in [-0.05, 0) is 43.0 Å². The van der Waals surface area contributed by atoms with E-state index in [9.17, 15) is 13.2 Å². The summed E-state index contributed by atoms with van der Waals surface area (Å²) in [5.74, 6) is 1.09. The summed E-state index contributed by atoms with van der Waals surface area (Å²) in [6, 6.07) is 8.18. The average Bonchev–Trinajstić information content (AvgIpc) is 2.77. The molecule has 0 radical (unpaired) electrons. The summed E-state index contributed by atoms with van der Waals surface area (Å²) in [6.45, 7) is 1.33. The molecule has 1 aliphatic heterocycles. The van der Waals surface area contributed by atoms with Crippen LogP contribution in [0.5, 0.6) is 11.5 Å². The van der Waals surface area contributed by atoms with Crippen molar-refractivity contribution in [1.29, 1.82) is 0 Å². The van der Waals surface area contributed by atoms with Gasteiger partial charge in [-0.25, -0.2) is 8.42 Å². The Bertz CT molecular complexity index is 920. The van der Waals surface area contributed by atoms with Crippen LogP contribution in [0.1, 0.15) is 23.2 Å². The number of pyridine rings is 1. The summed E-state index contributed by atoms with van der Waals surface area (Å²) in [6.07, 6.45) is 4.28. The molecule has 1 aromatic heterocycles. The van der Waals surface area contributed by atoms with Crippen LogP contribution in [0, 0.1) is 5.92 Å². The van der Waals surface area contributed by atoms with Crippen molar-refractivity contribution in [1.82, 2.24) is 14.6 Å². The lowest BCUT2D eigenvalue weighted by Gasteiger charge is -2.31. The summed E-state index contributed by atoms with van der Waals surface area (Å²) in [5, 5.41) is 2.93. The van der Waals surface area contributed by atoms with Crippen molar-refractivity contribution >= 4 is 15.9 Å².